The van der Waals surface area contributed by atoms with Crippen LogP contribution < -0.4 is 11.1 Å². The maximum absolute atomic E-state index is 12.2. The lowest BCUT2D eigenvalue weighted by Crippen LogP contribution is -2.23. The van der Waals surface area contributed by atoms with Crippen molar-refractivity contribution in [1.29, 1.82) is 0 Å². The molecule has 0 saturated carbocycles. The zero-order valence-electron chi connectivity index (χ0n) is 16.4. The Labute approximate surface area is 169 Å². The zero-order chi connectivity index (χ0) is 20.7. The number of nitrogens with two attached hydrogens (primary N) is 1. The van der Waals surface area contributed by atoms with Crippen molar-refractivity contribution in [1.82, 2.24) is 30.3 Å². The first-order chi connectivity index (χ1) is 13.5. The third kappa shape index (κ3) is 5.04. The van der Waals surface area contributed by atoms with Crippen molar-refractivity contribution >= 4 is 23.3 Å². The summed E-state index contributed by atoms with van der Waals surface area (Å²) in [4.78, 5) is 20.5. The number of hydrogen-bond acceptors (Lipinski definition) is 6. The van der Waals surface area contributed by atoms with Crippen molar-refractivity contribution in [3.8, 4) is 0 Å². The maximum atomic E-state index is 12.2. The van der Waals surface area contributed by atoms with E-state index in [1.54, 1.807) is 42.1 Å². The van der Waals surface area contributed by atoms with Gasteiger partial charge in [0, 0.05) is 11.8 Å². The van der Waals surface area contributed by atoms with E-state index in [0.717, 1.165) is 11.3 Å². The molecule has 148 valence electrons. The normalized spacial score (nSPS) is 10.2. The fourth-order valence-corrected chi connectivity index (χ4v) is 2.63. The molecule has 0 saturated heterocycles. The molecule has 28 heavy (non-hydrogen) atoms. The predicted octanol–water partition coefficient (Wildman–Crippen LogP) is 2.93. The maximum Gasteiger partial charge on any atom is 0.253 e. The molecule has 1 aromatic carbocycles. The summed E-state index contributed by atoms with van der Waals surface area (Å²) in [6.45, 7) is 8.31. The second kappa shape index (κ2) is 9.80. The number of amides is 1. The summed E-state index contributed by atoms with van der Waals surface area (Å²) in [5.41, 5.74) is 8.59. The van der Waals surface area contributed by atoms with Gasteiger partial charge in [0.05, 0.1) is 29.4 Å². The quantitative estimate of drug-likeness (QED) is 0.679. The number of hydrogen-bond donors (Lipinski definition) is 2. The highest BCUT2D eigenvalue weighted by molar-refractivity contribution is 6.33. The Hall–Kier alpha value is -3.00. The summed E-state index contributed by atoms with van der Waals surface area (Å²) in [7, 11) is 0. The van der Waals surface area contributed by atoms with E-state index in [1.807, 2.05) is 20.8 Å². The number of nitrogens with one attached hydrogen (secondary N) is 1. The van der Waals surface area contributed by atoms with Crippen molar-refractivity contribution in [3.05, 3.63) is 63.8 Å². The lowest BCUT2D eigenvalue weighted by atomic mass is 10.2. The summed E-state index contributed by atoms with van der Waals surface area (Å²) in [6, 6.07) is 6.87. The molecule has 0 aliphatic heterocycles. The van der Waals surface area contributed by atoms with Crippen molar-refractivity contribution in [2.75, 3.05) is 5.73 Å². The molecule has 0 radical (unpaired) electrons. The van der Waals surface area contributed by atoms with Crippen LogP contribution in [-0.4, -0.2) is 30.9 Å². The lowest BCUT2D eigenvalue weighted by molar-refractivity contribution is 0.0950. The number of carbonyl (C=O) groups is 1. The minimum absolute atomic E-state index is 0.246. The van der Waals surface area contributed by atoms with Gasteiger partial charge in [-0.25, -0.2) is 14.6 Å². The van der Waals surface area contributed by atoms with Gasteiger partial charge in [-0.1, -0.05) is 42.8 Å². The van der Waals surface area contributed by atoms with Gasteiger partial charge in [0.1, 0.15) is 17.3 Å². The van der Waals surface area contributed by atoms with Gasteiger partial charge in [-0.2, -0.15) is 0 Å². The third-order valence-corrected chi connectivity index (χ3v) is 4.28. The SMILES string of the molecule is CC.Cc1ncc(Cn2nnc(CNC(=O)c3ccccc3Cl)c2C)c(N)n1. The number of anilines is 1. The van der Waals surface area contributed by atoms with E-state index >= 15 is 0 Å². The second-order valence-corrected chi connectivity index (χ2v) is 6.18. The molecule has 0 aliphatic carbocycles. The van der Waals surface area contributed by atoms with Gasteiger partial charge in [-0.3, -0.25) is 4.79 Å². The highest BCUT2D eigenvalue weighted by Gasteiger charge is 2.14. The summed E-state index contributed by atoms with van der Waals surface area (Å²) >= 11 is 6.04. The van der Waals surface area contributed by atoms with Crippen LogP contribution in [0, 0.1) is 13.8 Å². The Morgan fingerprint density at radius 2 is 1.96 bits per heavy atom. The number of nitrogen functional groups attached to an aromatic ring is 1. The average molecular weight is 402 g/mol. The Kier molecular flexibility index (Phi) is 7.45. The van der Waals surface area contributed by atoms with Crippen LogP contribution in [0.4, 0.5) is 5.82 Å². The van der Waals surface area contributed by atoms with E-state index in [1.165, 1.54) is 0 Å². The van der Waals surface area contributed by atoms with Crippen molar-refractivity contribution < 1.29 is 4.79 Å². The number of aryl methyl sites for hydroxylation is 1. The van der Waals surface area contributed by atoms with Crippen LogP contribution in [0.25, 0.3) is 0 Å². The summed E-state index contributed by atoms with van der Waals surface area (Å²) < 4.78 is 1.70. The van der Waals surface area contributed by atoms with Gasteiger partial charge in [0.15, 0.2) is 0 Å². The van der Waals surface area contributed by atoms with Gasteiger partial charge in [-0.15, -0.1) is 5.10 Å². The van der Waals surface area contributed by atoms with E-state index < -0.39 is 0 Å². The fraction of sp³-hybridized carbons (Fsp3) is 0.316. The molecule has 0 bridgehead atoms. The molecule has 3 N–H and O–H groups in total. The van der Waals surface area contributed by atoms with Crippen LogP contribution in [0.15, 0.2) is 30.5 Å². The predicted molar refractivity (Wildman–Crippen MR) is 109 cm³/mol. The third-order valence-electron chi connectivity index (χ3n) is 3.95. The molecule has 0 aliphatic rings. The van der Waals surface area contributed by atoms with E-state index in [-0.39, 0.29) is 12.5 Å². The van der Waals surface area contributed by atoms with Crippen molar-refractivity contribution in [2.45, 2.75) is 40.8 Å². The van der Waals surface area contributed by atoms with Crippen molar-refractivity contribution in [3.63, 3.8) is 0 Å². The van der Waals surface area contributed by atoms with E-state index in [4.69, 9.17) is 17.3 Å². The molecule has 2 aromatic heterocycles. The molecule has 1 amide bonds. The molecule has 0 fully saturated rings. The van der Waals surface area contributed by atoms with Crippen molar-refractivity contribution in [2.24, 2.45) is 0 Å². The van der Waals surface area contributed by atoms with Gasteiger partial charge < -0.3 is 11.1 Å². The Morgan fingerprint density at radius 3 is 2.64 bits per heavy atom. The fourth-order valence-electron chi connectivity index (χ4n) is 2.41. The Morgan fingerprint density at radius 1 is 1.25 bits per heavy atom. The first-order valence-electron chi connectivity index (χ1n) is 8.95. The van der Waals surface area contributed by atoms with Crippen LogP contribution in [0.5, 0.6) is 0 Å². The molecular weight excluding hydrogens is 378 g/mol. The molecular formula is C19H24ClN7O. The van der Waals surface area contributed by atoms with E-state index in [9.17, 15) is 4.79 Å². The smallest absolute Gasteiger partial charge is 0.253 e. The summed E-state index contributed by atoms with van der Waals surface area (Å²) in [5.74, 6) is 0.770. The molecule has 0 unspecified atom stereocenters. The Balaban J connectivity index is 0.00000136. The van der Waals surface area contributed by atoms with Crippen LogP contribution >= 0.6 is 11.6 Å². The highest BCUT2D eigenvalue weighted by Crippen LogP contribution is 2.15. The molecule has 3 aromatic rings. The standard InChI is InChI=1S/C17H18ClN7O.C2H6/c1-10-15(8-21-17(26)13-5-3-4-6-14(13)18)23-24-25(10)9-12-7-20-11(2)22-16(12)19;1-2/h3-7H,8-9H2,1-2H3,(H,21,26)(H2,19,20,22);1-2H3. The van der Waals surface area contributed by atoms with Crippen LogP contribution in [-0.2, 0) is 13.1 Å². The Bertz CT molecular complexity index is 955. The summed E-state index contributed by atoms with van der Waals surface area (Å²) in [5, 5.41) is 11.5. The number of carbonyl (C=O) groups excluding carboxylic acids is 1. The highest BCUT2D eigenvalue weighted by atomic mass is 35.5. The summed E-state index contributed by atoms with van der Waals surface area (Å²) in [6.07, 6.45) is 1.68. The van der Waals surface area contributed by atoms with Gasteiger partial charge in [-0.05, 0) is 26.0 Å². The van der Waals surface area contributed by atoms with Gasteiger partial charge in [0.25, 0.3) is 5.91 Å². The molecule has 0 spiro atoms. The number of halogens is 1. The minimum atomic E-state index is -0.263. The number of nitrogens with zero attached hydrogens (tertiary/aromatic N) is 5. The van der Waals surface area contributed by atoms with E-state index in [2.05, 4.69) is 25.6 Å². The zero-order valence-corrected chi connectivity index (χ0v) is 17.2. The molecule has 9 heteroatoms. The first-order valence-corrected chi connectivity index (χ1v) is 9.33. The van der Waals surface area contributed by atoms with E-state index in [0.29, 0.717) is 34.5 Å². The average Bonchev–Trinajstić information content (AvgIpc) is 3.03. The lowest BCUT2D eigenvalue weighted by Gasteiger charge is -2.07. The number of benzene rings is 1. The van der Waals surface area contributed by atoms with Gasteiger partial charge in [0.2, 0.25) is 0 Å². The van der Waals surface area contributed by atoms with Gasteiger partial charge >= 0.3 is 0 Å². The largest absolute Gasteiger partial charge is 0.383 e. The number of rotatable bonds is 5. The van der Waals surface area contributed by atoms with Crippen LogP contribution in [0.3, 0.4) is 0 Å². The monoisotopic (exact) mass is 401 g/mol. The number of aromatic nitrogens is 5. The topological polar surface area (TPSA) is 112 Å². The second-order valence-electron chi connectivity index (χ2n) is 5.77. The first kappa shape index (κ1) is 21.3. The minimum Gasteiger partial charge on any atom is -0.383 e. The van der Waals surface area contributed by atoms with Crippen LogP contribution in [0.1, 0.15) is 47.0 Å². The molecule has 2 heterocycles. The van der Waals surface area contributed by atoms with Crippen LogP contribution in [0.2, 0.25) is 5.02 Å². The molecule has 8 nitrogen and oxygen atoms in total. The molecule has 3 rings (SSSR count). The molecule has 0 atom stereocenters.